The standard InChI is InChI=1S/C24H38N4O4/c1-5-6-7-8-9-10-11-12-13-18(2)19(3)16-22(30)25-15-14-21(29)27-20-17-26-24(32)28(4)23(20)31/h9-10,12-13,20H,5-8,11,14-17H2,1-4H3,(H,25,30)(H,26,32)(H,27,29)/b10-9-,13-12-,19-18-/t20-/m1/s1. The largest absolute Gasteiger partial charge is 0.355 e. The molecule has 1 fully saturated rings. The summed E-state index contributed by atoms with van der Waals surface area (Å²) < 4.78 is 0. The normalized spacial score (nSPS) is 17.5. The summed E-state index contributed by atoms with van der Waals surface area (Å²) >= 11 is 0. The van der Waals surface area contributed by atoms with E-state index in [0.717, 1.165) is 28.9 Å². The highest BCUT2D eigenvalue weighted by molar-refractivity contribution is 6.01. The third-order valence-electron chi connectivity index (χ3n) is 5.28. The Balaban J connectivity index is 2.29. The molecule has 0 unspecified atom stereocenters. The molecule has 178 valence electrons. The first kappa shape index (κ1) is 27.1. The van der Waals surface area contributed by atoms with Gasteiger partial charge in [-0.25, -0.2) is 4.79 Å². The Labute approximate surface area is 191 Å². The minimum atomic E-state index is -0.785. The first-order valence-electron chi connectivity index (χ1n) is 11.4. The summed E-state index contributed by atoms with van der Waals surface area (Å²) in [4.78, 5) is 48.5. The van der Waals surface area contributed by atoms with E-state index in [4.69, 9.17) is 0 Å². The second-order valence-corrected chi connectivity index (χ2v) is 8.05. The molecule has 5 amide bonds. The number of unbranched alkanes of at least 4 members (excludes halogenated alkanes) is 3. The second-order valence-electron chi connectivity index (χ2n) is 8.05. The number of urea groups is 1. The topological polar surface area (TPSA) is 108 Å². The van der Waals surface area contributed by atoms with Crippen LogP contribution < -0.4 is 16.0 Å². The van der Waals surface area contributed by atoms with Crippen molar-refractivity contribution in [1.82, 2.24) is 20.9 Å². The number of amides is 5. The van der Waals surface area contributed by atoms with E-state index in [9.17, 15) is 19.2 Å². The summed E-state index contributed by atoms with van der Waals surface area (Å²) in [6.45, 7) is 6.34. The van der Waals surface area contributed by atoms with Crippen molar-refractivity contribution in [2.45, 2.75) is 71.8 Å². The van der Waals surface area contributed by atoms with Crippen molar-refractivity contribution in [3.05, 3.63) is 35.5 Å². The van der Waals surface area contributed by atoms with Gasteiger partial charge in [-0.3, -0.25) is 19.3 Å². The fourth-order valence-corrected chi connectivity index (χ4v) is 3.06. The van der Waals surface area contributed by atoms with Gasteiger partial charge in [-0.15, -0.1) is 0 Å². The quantitative estimate of drug-likeness (QED) is 0.230. The van der Waals surface area contributed by atoms with Crippen molar-refractivity contribution in [3.8, 4) is 0 Å². The van der Waals surface area contributed by atoms with Crippen LogP contribution in [0.15, 0.2) is 35.5 Å². The molecule has 1 atom stereocenters. The molecule has 0 bridgehead atoms. The number of carbonyl (C=O) groups excluding carboxylic acids is 4. The highest BCUT2D eigenvalue weighted by Crippen LogP contribution is 2.10. The number of carbonyl (C=O) groups is 4. The van der Waals surface area contributed by atoms with Gasteiger partial charge >= 0.3 is 6.03 Å². The lowest BCUT2D eigenvalue weighted by Crippen LogP contribution is -2.61. The Kier molecular flexibility index (Phi) is 12.7. The first-order chi connectivity index (χ1) is 15.3. The Bertz CT molecular complexity index is 755. The monoisotopic (exact) mass is 446 g/mol. The van der Waals surface area contributed by atoms with E-state index >= 15 is 0 Å². The maximum atomic E-state index is 12.1. The van der Waals surface area contributed by atoms with Crippen LogP contribution in [0, 0.1) is 0 Å². The van der Waals surface area contributed by atoms with Gasteiger partial charge in [-0.05, 0) is 33.1 Å². The van der Waals surface area contributed by atoms with Crippen molar-refractivity contribution < 1.29 is 19.2 Å². The third-order valence-corrected chi connectivity index (χ3v) is 5.28. The summed E-state index contributed by atoms with van der Waals surface area (Å²) in [5.41, 5.74) is 2.03. The van der Waals surface area contributed by atoms with E-state index in [1.165, 1.54) is 26.3 Å². The molecule has 0 aromatic heterocycles. The molecule has 0 saturated carbocycles. The van der Waals surface area contributed by atoms with E-state index in [-0.39, 0.29) is 37.7 Å². The minimum Gasteiger partial charge on any atom is -0.355 e. The van der Waals surface area contributed by atoms with Crippen LogP contribution in [0.25, 0.3) is 0 Å². The van der Waals surface area contributed by atoms with Crippen molar-refractivity contribution in [1.29, 1.82) is 0 Å². The molecule has 8 heteroatoms. The zero-order chi connectivity index (χ0) is 23.9. The van der Waals surface area contributed by atoms with E-state index in [1.54, 1.807) is 0 Å². The Hall–Kier alpha value is -2.90. The Morgan fingerprint density at radius 1 is 1.12 bits per heavy atom. The lowest BCUT2D eigenvalue weighted by Gasteiger charge is -2.29. The van der Waals surface area contributed by atoms with Crippen LogP contribution in [-0.2, 0) is 14.4 Å². The van der Waals surface area contributed by atoms with Gasteiger partial charge in [0.2, 0.25) is 11.8 Å². The second kappa shape index (κ2) is 15.0. The predicted octanol–water partition coefficient (Wildman–Crippen LogP) is 2.97. The summed E-state index contributed by atoms with van der Waals surface area (Å²) in [6, 6.07) is -1.27. The number of nitrogens with zero attached hydrogens (tertiary/aromatic N) is 1. The zero-order valence-electron chi connectivity index (χ0n) is 19.8. The SMILES string of the molecule is CCCCC/C=C\C/C=C\C(C)=C(\C)CC(=O)NCCC(=O)N[C@@H]1CNC(=O)N(C)C1=O. The van der Waals surface area contributed by atoms with Crippen molar-refractivity contribution in [3.63, 3.8) is 0 Å². The van der Waals surface area contributed by atoms with E-state index < -0.39 is 18.0 Å². The van der Waals surface area contributed by atoms with Crippen LogP contribution in [0.5, 0.6) is 0 Å². The van der Waals surface area contributed by atoms with Crippen LogP contribution in [-0.4, -0.2) is 54.8 Å². The molecule has 1 saturated heterocycles. The molecule has 1 heterocycles. The lowest BCUT2D eigenvalue weighted by atomic mass is 10.1. The Morgan fingerprint density at radius 2 is 1.88 bits per heavy atom. The van der Waals surface area contributed by atoms with Gasteiger partial charge in [-0.2, -0.15) is 0 Å². The molecular weight excluding hydrogens is 408 g/mol. The fourth-order valence-electron chi connectivity index (χ4n) is 3.06. The number of nitrogens with one attached hydrogen (secondary N) is 3. The van der Waals surface area contributed by atoms with Crippen LogP contribution >= 0.6 is 0 Å². The fraction of sp³-hybridized carbons (Fsp3) is 0.583. The number of allylic oxidation sites excluding steroid dienone is 5. The molecule has 3 N–H and O–H groups in total. The van der Waals surface area contributed by atoms with Gasteiger partial charge in [0.05, 0.1) is 0 Å². The summed E-state index contributed by atoms with van der Waals surface area (Å²) in [7, 11) is 1.36. The van der Waals surface area contributed by atoms with Crippen molar-refractivity contribution >= 4 is 23.8 Å². The Morgan fingerprint density at radius 3 is 2.59 bits per heavy atom. The number of hydrogen-bond donors (Lipinski definition) is 3. The molecule has 1 rings (SSSR count). The number of rotatable bonds is 13. The van der Waals surface area contributed by atoms with Crippen molar-refractivity contribution in [2.24, 2.45) is 0 Å². The van der Waals surface area contributed by atoms with Gasteiger partial charge < -0.3 is 16.0 Å². The van der Waals surface area contributed by atoms with Crippen molar-refractivity contribution in [2.75, 3.05) is 20.1 Å². The van der Waals surface area contributed by atoms with Crippen LogP contribution in [0.3, 0.4) is 0 Å². The maximum absolute atomic E-state index is 12.1. The third kappa shape index (κ3) is 10.4. The highest BCUT2D eigenvalue weighted by Gasteiger charge is 2.32. The van der Waals surface area contributed by atoms with Crippen LogP contribution in [0.4, 0.5) is 4.79 Å². The summed E-state index contributed by atoms with van der Waals surface area (Å²) in [5, 5.41) is 7.83. The van der Waals surface area contributed by atoms with Gasteiger partial charge in [0.25, 0.3) is 5.91 Å². The zero-order valence-corrected chi connectivity index (χ0v) is 19.8. The molecule has 0 aromatic rings. The minimum absolute atomic E-state index is 0.0550. The van der Waals surface area contributed by atoms with E-state index in [1.807, 2.05) is 19.9 Å². The molecule has 1 aliphatic rings. The number of likely N-dealkylation sites (N-methyl/N-ethyl adjacent to an activating group) is 1. The average Bonchev–Trinajstić information content (AvgIpc) is 2.75. The number of hydrogen-bond acceptors (Lipinski definition) is 4. The predicted molar refractivity (Wildman–Crippen MR) is 126 cm³/mol. The lowest BCUT2D eigenvalue weighted by molar-refractivity contribution is -0.134. The van der Waals surface area contributed by atoms with Gasteiger partial charge in [0, 0.05) is 33.0 Å². The van der Waals surface area contributed by atoms with Gasteiger partial charge in [0.1, 0.15) is 6.04 Å². The maximum Gasteiger partial charge on any atom is 0.323 e. The molecule has 32 heavy (non-hydrogen) atoms. The average molecular weight is 447 g/mol. The molecule has 8 nitrogen and oxygen atoms in total. The first-order valence-corrected chi connectivity index (χ1v) is 11.4. The highest BCUT2D eigenvalue weighted by atomic mass is 16.2. The molecule has 0 spiro atoms. The van der Waals surface area contributed by atoms with E-state index in [0.29, 0.717) is 0 Å². The van der Waals surface area contributed by atoms with Crippen LogP contribution in [0.2, 0.25) is 0 Å². The van der Waals surface area contributed by atoms with Gasteiger partial charge in [0.15, 0.2) is 0 Å². The van der Waals surface area contributed by atoms with Gasteiger partial charge in [-0.1, -0.05) is 55.2 Å². The molecule has 0 radical (unpaired) electrons. The van der Waals surface area contributed by atoms with Crippen LogP contribution in [0.1, 0.15) is 65.7 Å². The molecule has 1 aliphatic heterocycles. The molecular formula is C24H38N4O4. The summed E-state index contributed by atoms with van der Waals surface area (Å²) in [6.07, 6.45) is 14.6. The molecule has 0 aliphatic carbocycles. The number of imide groups is 1. The van der Waals surface area contributed by atoms with E-state index in [2.05, 4.69) is 41.1 Å². The summed E-state index contributed by atoms with van der Waals surface area (Å²) in [5.74, 6) is -0.968. The smallest absolute Gasteiger partial charge is 0.323 e. The molecule has 0 aromatic carbocycles.